The third-order valence-corrected chi connectivity index (χ3v) is 3.00. The summed E-state index contributed by atoms with van der Waals surface area (Å²) in [6, 6.07) is -0.278. The van der Waals surface area contributed by atoms with Crippen molar-refractivity contribution in [1.29, 1.82) is 0 Å². The number of alkyl halides is 1. The zero-order valence-electron chi connectivity index (χ0n) is 8.11. The molecule has 1 N–H and O–H groups in total. The zero-order valence-corrected chi connectivity index (χ0v) is 15.3. The maximum Gasteiger partial charge on any atom is 4.00 e. The molecule has 108 valence electrons. The summed E-state index contributed by atoms with van der Waals surface area (Å²) < 4.78 is 43.6. The summed E-state index contributed by atoms with van der Waals surface area (Å²) in [4.78, 5) is 37.1. The first-order valence-electron chi connectivity index (χ1n) is 3.03. The van der Waals surface area contributed by atoms with Gasteiger partial charge in [-0.15, -0.1) is 0 Å². The number of aliphatic hydroxyl groups excluding tert-OH is 1. The van der Waals surface area contributed by atoms with Gasteiger partial charge in [0.1, 0.15) is 39.1 Å². The molecule has 0 rings (SSSR count). The minimum atomic E-state index is -3.51. The van der Waals surface area contributed by atoms with E-state index < -0.39 is 33.0 Å². The molecule has 11 nitrogen and oxygen atoms in total. The van der Waals surface area contributed by atoms with Crippen LogP contribution in [0.15, 0.2) is 0 Å². The van der Waals surface area contributed by atoms with Gasteiger partial charge in [0, 0.05) is 0 Å². The second-order valence-corrected chi connectivity index (χ2v) is 5.20. The smallest absolute Gasteiger partial charge is 0.781 e. The first-order valence-corrected chi connectivity index (χ1v) is 8.47. The van der Waals surface area contributed by atoms with Crippen molar-refractivity contribution in [3.05, 3.63) is 0 Å². The summed E-state index contributed by atoms with van der Waals surface area (Å²) in [5, 5.41) is 7.33. The maximum atomic E-state index is 9.29. The van der Waals surface area contributed by atoms with Crippen LogP contribution in [0.1, 0.15) is 0 Å². The molecule has 0 aromatic heterocycles. The molecule has 4 atom stereocenters. The van der Waals surface area contributed by atoms with Crippen molar-refractivity contribution in [3.63, 3.8) is 0 Å². The van der Waals surface area contributed by atoms with Crippen LogP contribution < -0.4 is 19.6 Å². The molecule has 0 aromatic rings. The van der Waals surface area contributed by atoms with Gasteiger partial charge >= 0.3 is 26.2 Å². The van der Waals surface area contributed by atoms with Gasteiger partial charge in [0.15, 0.2) is 0 Å². The van der Waals surface area contributed by atoms with Crippen molar-refractivity contribution in [2.75, 3.05) is 6.07 Å². The normalized spacial score (nSPS) is 15.4. The zero-order chi connectivity index (χ0) is 14.4. The fraction of sp³-hybridized carbons (Fsp3) is 1.00. The van der Waals surface area contributed by atoms with Crippen molar-refractivity contribution in [2.24, 2.45) is 0 Å². The molecule has 0 spiro atoms. The number of rotatable bonds is 4. The quantitative estimate of drug-likeness (QED) is 0.345. The summed E-state index contributed by atoms with van der Waals surface area (Å²) in [6.45, 7) is 0. The number of halogens is 1. The van der Waals surface area contributed by atoms with E-state index in [1.54, 1.807) is 0 Å². The Morgan fingerprint density at radius 3 is 0.944 bits per heavy atom. The van der Waals surface area contributed by atoms with Crippen molar-refractivity contribution in [3.8, 4) is 0 Å². The molecule has 0 aromatic carbocycles. The summed E-state index contributed by atoms with van der Waals surface area (Å²) in [6.07, 6.45) is 0. The van der Waals surface area contributed by atoms with E-state index in [1.165, 1.54) is 0 Å². The number of hydrogen-bond acceptors (Lipinski definition) is 11. The van der Waals surface area contributed by atoms with Crippen molar-refractivity contribution < 1.29 is 77.8 Å². The fourth-order valence-corrected chi connectivity index (χ4v) is 1.22. The Kier molecular flexibility index (Phi) is 32.9. The van der Waals surface area contributed by atoms with E-state index in [-0.39, 0.29) is 32.3 Å². The maximum absolute atomic E-state index is 9.29. The molecule has 0 saturated heterocycles. The Morgan fingerprint density at radius 1 is 0.833 bits per heavy atom. The van der Waals surface area contributed by atoms with Gasteiger partial charge in [0.05, 0.1) is 0 Å². The summed E-state index contributed by atoms with van der Waals surface area (Å²) in [5.74, 6) is 0. The second kappa shape index (κ2) is 21.1. The molecule has 0 fully saturated rings. The Balaban J connectivity index is -0.0000000857. The largest absolute Gasteiger partial charge is 4.00 e. The van der Waals surface area contributed by atoms with Crippen LogP contribution in [0.5, 0.6) is 0 Å². The minimum Gasteiger partial charge on any atom is -0.781 e. The number of aliphatic hydroxyl groups is 1. The topological polar surface area (TPSA) is 199 Å². The first kappa shape index (κ1) is 28.0. The molecule has 0 radical (unpaired) electrons. The van der Waals surface area contributed by atoms with Crippen LogP contribution in [-0.4, -0.2) is 11.2 Å². The van der Waals surface area contributed by atoms with Gasteiger partial charge in [0.2, 0.25) is 0 Å². The van der Waals surface area contributed by atoms with Crippen molar-refractivity contribution >= 4 is 44.6 Å². The number of hydrogen-bond donors (Lipinski definition) is 1. The molecule has 0 aliphatic carbocycles. The van der Waals surface area contributed by atoms with E-state index in [0.29, 0.717) is 0 Å². The minimum absolute atomic E-state index is 0. The van der Waals surface area contributed by atoms with Gasteiger partial charge in [0.25, 0.3) is 0 Å². The monoisotopic (exact) mass is 444 g/mol. The van der Waals surface area contributed by atoms with E-state index in [1.807, 2.05) is 0 Å². The average Bonchev–Trinajstić information content (AvgIpc) is 1.99. The molecular weight excluding hydrogens is 439 g/mol. The van der Waals surface area contributed by atoms with Crippen LogP contribution >= 0.6 is 44.6 Å². The van der Waals surface area contributed by atoms with Crippen LogP contribution in [-0.2, 0) is 53.1 Å². The third kappa shape index (κ3) is 52.3. The SMILES string of the molecule is O=[PH]([O-])O[PH](=O)[O-].O=[PH]([O-])O[PH](=O)[O-].OCCl.[Zr+4]. The summed E-state index contributed by atoms with van der Waals surface area (Å²) in [7, 11) is -14.1. The standard InChI is InChI=1S/CH3ClO.2H4O5P2.Zr/c2-1-3;2*1-6(2)5-7(3)4;/h3H,1H2;2*6-7H,(H,1,2)(H,3,4);/q;;;+4/p-4. The molecule has 0 amide bonds. The Bertz CT molecular complexity index is 220. The second-order valence-electron chi connectivity index (χ2n) is 1.32. The van der Waals surface area contributed by atoms with Crippen LogP contribution in [0.2, 0.25) is 0 Å². The molecule has 18 heavy (non-hydrogen) atoms. The van der Waals surface area contributed by atoms with Gasteiger partial charge in [-0.3, -0.25) is 8.62 Å². The van der Waals surface area contributed by atoms with Gasteiger partial charge < -0.3 is 42.9 Å². The molecule has 17 heteroatoms. The fourth-order valence-electron chi connectivity index (χ4n) is 0.136. The van der Waals surface area contributed by atoms with Gasteiger partial charge in [-0.2, -0.15) is 0 Å². The summed E-state index contributed by atoms with van der Waals surface area (Å²) >= 11 is 4.55. The molecule has 0 aliphatic rings. The van der Waals surface area contributed by atoms with E-state index in [4.69, 9.17) is 5.11 Å². The van der Waals surface area contributed by atoms with Gasteiger partial charge in [-0.05, 0) is 0 Å². The molecule has 4 unspecified atom stereocenters. The van der Waals surface area contributed by atoms with Crippen molar-refractivity contribution in [1.82, 2.24) is 0 Å². The first-order chi connectivity index (χ1) is 7.67. The van der Waals surface area contributed by atoms with Crippen molar-refractivity contribution in [2.45, 2.75) is 0 Å². The van der Waals surface area contributed by atoms with Crippen LogP contribution in [0, 0.1) is 0 Å². The predicted molar refractivity (Wildman–Crippen MR) is 51.1 cm³/mol. The van der Waals surface area contributed by atoms with E-state index in [9.17, 15) is 37.8 Å². The van der Waals surface area contributed by atoms with Crippen LogP contribution in [0.4, 0.5) is 0 Å². The third-order valence-electron chi connectivity index (χ3n) is 0.333. The molecular formula is CH7ClO11P4Zr. The summed E-state index contributed by atoms with van der Waals surface area (Å²) in [5.41, 5.74) is 0. The van der Waals surface area contributed by atoms with Crippen LogP contribution in [0.3, 0.4) is 0 Å². The Morgan fingerprint density at radius 2 is 0.944 bits per heavy atom. The van der Waals surface area contributed by atoms with Crippen LogP contribution in [0.25, 0.3) is 0 Å². The molecule has 0 heterocycles. The predicted octanol–water partition coefficient (Wildman–Crippen LogP) is -2.82. The Labute approximate surface area is 128 Å². The van der Waals surface area contributed by atoms with E-state index >= 15 is 0 Å². The van der Waals surface area contributed by atoms with E-state index in [0.717, 1.165) is 0 Å². The molecule has 0 saturated carbocycles. The average molecular weight is 446 g/mol. The van der Waals surface area contributed by atoms with E-state index in [2.05, 4.69) is 20.2 Å². The van der Waals surface area contributed by atoms with Gasteiger partial charge in [-0.1, -0.05) is 11.6 Å². The molecule has 0 bridgehead atoms. The molecule has 0 aliphatic heterocycles. The Hall–Kier alpha value is 1.81. The van der Waals surface area contributed by atoms with Gasteiger partial charge in [-0.25, -0.2) is 0 Å².